The van der Waals surface area contributed by atoms with Crippen LogP contribution < -0.4 is 15.7 Å². The van der Waals surface area contributed by atoms with Crippen molar-refractivity contribution in [2.24, 2.45) is 5.92 Å². The number of unbranched alkanes of at least 4 members (excludes halogenated alkanes) is 3. The summed E-state index contributed by atoms with van der Waals surface area (Å²) < 4.78 is 64.4. The van der Waals surface area contributed by atoms with Crippen LogP contribution in [0, 0.1) is 5.92 Å². The lowest BCUT2D eigenvalue weighted by atomic mass is 9.87. The van der Waals surface area contributed by atoms with Gasteiger partial charge in [0.25, 0.3) is 20.1 Å². The van der Waals surface area contributed by atoms with Gasteiger partial charge in [-0.25, -0.2) is 13.2 Å². The predicted octanol–water partition coefficient (Wildman–Crippen LogP) is 4.42. The molecule has 1 fully saturated rings. The highest BCUT2D eigenvalue weighted by Crippen LogP contribution is 2.48. The summed E-state index contributed by atoms with van der Waals surface area (Å²) in [5.41, 5.74) is 0.519. The Morgan fingerprint density at radius 2 is 1.64 bits per heavy atom. The molecule has 272 valence electrons. The van der Waals surface area contributed by atoms with E-state index >= 15 is 0 Å². The molecule has 0 radical (unpaired) electrons. The van der Waals surface area contributed by atoms with Crippen LogP contribution in [0.15, 0.2) is 74.8 Å². The third-order valence-corrected chi connectivity index (χ3v) is 10.6. The molecule has 1 aromatic heterocycles. The van der Waals surface area contributed by atoms with Crippen LogP contribution in [-0.4, -0.2) is 69.1 Å². The van der Waals surface area contributed by atoms with Gasteiger partial charge in [-0.2, -0.15) is 8.42 Å². The molecule has 1 heterocycles. The Labute approximate surface area is 292 Å². The van der Waals surface area contributed by atoms with E-state index in [1.54, 1.807) is 42.5 Å². The molecule has 2 amide bonds. The number of carbonyl (C=O) groups is 2. The quantitative estimate of drug-likeness (QED) is 0.0952. The zero-order valence-corrected chi connectivity index (χ0v) is 29.7. The van der Waals surface area contributed by atoms with E-state index in [9.17, 15) is 36.3 Å². The number of aromatic hydroxyl groups is 1. The number of hydrogen-bond acceptors (Lipinski definition) is 9. The van der Waals surface area contributed by atoms with E-state index < -0.39 is 37.4 Å². The third kappa shape index (κ3) is 12.0. The normalized spacial score (nSPS) is 13.8. The summed E-state index contributed by atoms with van der Waals surface area (Å²) in [7, 11) is -6.45. The number of carbonyl (C=O) groups excluding carboxylic acids is 2. The summed E-state index contributed by atoms with van der Waals surface area (Å²) >= 11 is 0. The fourth-order valence-corrected chi connectivity index (χ4v) is 7.30. The van der Waals surface area contributed by atoms with Gasteiger partial charge in [-0.05, 0) is 67.9 Å². The number of nitrogens with one attached hydrogen (secondary N) is 2. The van der Waals surface area contributed by atoms with Gasteiger partial charge >= 0.3 is 5.63 Å². The first kappa shape index (κ1) is 38.6. The second kappa shape index (κ2) is 17.6. The number of benzene rings is 2. The van der Waals surface area contributed by atoms with E-state index in [0.29, 0.717) is 55.7 Å². The molecule has 50 heavy (non-hydrogen) atoms. The van der Waals surface area contributed by atoms with Crippen molar-refractivity contribution in [1.82, 2.24) is 10.2 Å². The Hall–Kier alpha value is -4.21. The highest BCUT2D eigenvalue weighted by molar-refractivity contribution is 7.92. The molecule has 0 saturated heterocycles. The number of aryl methyl sites for hydroxylation is 1. The van der Waals surface area contributed by atoms with Crippen molar-refractivity contribution in [2.45, 2.75) is 75.0 Å². The van der Waals surface area contributed by atoms with Crippen LogP contribution in [0.4, 0.5) is 5.69 Å². The SMILES string of the molecule is CN(CCS(=O)(=O)O)C(=O)CCCCCCC(=O)NCCCc1cc(O)c(C(c2cccc(NS(=O)(=O)c3ccccc3)c2)C2CC2)c(=O)o1. The predicted molar refractivity (Wildman–Crippen MR) is 188 cm³/mol. The molecule has 13 nitrogen and oxygen atoms in total. The van der Waals surface area contributed by atoms with E-state index in [2.05, 4.69) is 10.0 Å². The topological polar surface area (TPSA) is 200 Å². The second-order valence-corrected chi connectivity index (χ2v) is 15.9. The largest absolute Gasteiger partial charge is 0.507 e. The molecular weight excluding hydrogens is 687 g/mol. The molecule has 4 rings (SSSR count). The number of amides is 2. The molecule has 1 aliphatic carbocycles. The lowest BCUT2D eigenvalue weighted by Crippen LogP contribution is -2.31. The second-order valence-electron chi connectivity index (χ2n) is 12.6. The highest BCUT2D eigenvalue weighted by atomic mass is 32.2. The summed E-state index contributed by atoms with van der Waals surface area (Å²) in [5.74, 6) is -1.09. The number of sulfonamides is 1. The molecule has 1 unspecified atom stereocenters. The number of anilines is 1. The molecule has 3 aromatic rings. The Balaban J connectivity index is 1.22. The van der Waals surface area contributed by atoms with Crippen LogP contribution in [0.25, 0.3) is 0 Å². The zero-order valence-electron chi connectivity index (χ0n) is 28.0. The van der Waals surface area contributed by atoms with Crippen molar-refractivity contribution in [3.05, 3.63) is 88.0 Å². The molecule has 1 saturated carbocycles. The number of rotatable bonds is 20. The molecule has 1 atom stereocenters. The first-order valence-electron chi connectivity index (χ1n) is 16.7. The van der Waals surface area contributed by atoms with Gasteiger partial charge in [0.05, 0.1) is 16.2 Å². The van der Waals surface area contributed by atoms with Crippen LogP contribution in [0.2, 0.25) is 0 Å². The summed E-state index contributed by atoms with van der Waals surface area (Å²) in [5, 5.41) is 13.8. The summed E-state index contributed by atoms with van der Waals surface area (Å²) in [6.45, 7) is 0.281. The molecule has 0 spiro atoms. The molecule has 0 aliphatic heterocycles. The minimum atomic E-state index is -4.12. The van der Waals surface area contributed by atoms with Gasteiger partial charge in [0.2, 0.25) is 11.8 Å². The van der Waals surface area contributed by atoms with E-state index in [4.69, 9.17) is 8.97 Å². The Kier molecular flexibility index (Phi) is 13.6. The van der Waals surface area contributed by atoms with Gasteiger partial charge in [0.15, 0.2) is 0 Å². The molecular formula is C35H45N3O10S2. The van der Waals surface area contributed by atoms with Gasteiger partial charge in [-0.1, -0.05) is 43.2 Å². The van der Waals surface area contributed by atoms with E-state index in [0.717, 1.165) is 25.7 Å². The van der Waals surface area contributed by atoms with Crippen molar-refractivity contribution in [2.75, 3.05) is 30.6 Å². The maximum Gasteiger partial charge on any atom is 0.343 e. The van der Waals surface area contributed by atoms with Crippen molar-refractivity contribution >= 4 is 37.6 Å². The monoisotopic (exact) mass is 731 g/mol. The standard InChI is InChI=1S/C35H45N3O10S2/c1-38(21-22-49(43,44)45)32(41)17-8-3-2-7-16-31(40)36-20-10-13-28-24-30(39)34(35(42)48-28)33(25-18-19-25)26-11-9-12-27(23-26)37-50(46,47)29-14-5-4-6-15-29/h4-6,9,11-12,14-15,23-25,33,37,39H,2-3,7-8,10,13,16-22H2,1H3,(H,36,40)(H,43,44,45). The fourth-order valence-electron chi connectivity index (χ4n) is 5.72. The van der Waals surface area contributed by atoms with E-state index in [-0.39, 0.29) is 46.9 Å². The molecule has 15 heteroatoms. The van der Waals surface area contributed by atoms with Crippen LogP contribution in [0.3, 0.4) is 0 Å². The highest BCUT2D eigenvalue weighted by Gasteiger charge is 2.37. The lowest BCUT2D eigenvalue weighted by Gasteiger charge is -2.19. The van der Waals surface area contributed by atoms with Gasteiger partial charge in [0.1, 0.15) is 11.5 Å². The smallest absolute Gasteiger partial charge is 0.343 e. The van der Waals surface area contributed by atoms with E-state index in [1.807, 2.05) is 0 Å². The molecule has 4 N–H and O–H groups in total. The molecule has 1 aliphatic rings. The van der Waals surface area contributed by atoms with Gasteiger partial charge < -0.3 is 19.7 Å². The Bertz CT molecular complexity index is 1890. The maximum absolute atomic E-state index is 13.2. The first-order chi connectivity index (χ1) is 23.7. The number of hydrogen-bond donors (Lipinski definition) is 4. The maximum atomic E-state index is 13.2. The molecule has 2 aromatic carbocycles. The fraction of sp³-hybridized carbons (Fsp3) is 0.457. The Morgan fingerprint density at radius 3 is 2.30 bits per heavy atom. The summed E-state index contributed by atoms with van der Waals surface area (Å²) in [4.78, 5) is 38.9. The van der Waals surface area contributed by atoms with Crippen molar-refractivity contribution in [3.63, 3.8) is 0 Å². The Morgan fingerprint density at radius 1 is 0.940 bits per heavy atom. The van der Waals surface area contributed by atoms with Crippen LogP contribution in [0.5, 0.6) is 5.75 Å². The average Bonchev–Trinajstić information content (AvgIpc) is 3.90. The van der Waals surface area contributed by atoms with Crippen LogP contribution in [0.1, 0.15) is 80.6 Å². The average molecular weight is 732 g/mol. The number of nitrogens with zero attached hydrogens (tertiary/aromatic N) is 1. The third-order valence-electron chi connectivity index (χ3n) is 8.55. The van der Waals surface area contributed by atoms with Crippen molar-refractivity contribution in [3.8, 4) is 5.75 Å². The van der Waals surface area contributed by atoms with Crippen molar-refractivity contribution in [1.29, 1.82) is 0 Å². The lowest BCUT2D eigenvalue weighted by molar-refractivity contribution is -0.129. The molecule has 0 bridgehead atoms. The van der Waals surface area contributed by atoms with Crippen LogP contribution >= 0.6 is 0 Å². The summed E-state index contributed by atoms with van der Waals surface area (Å²) in [6, 6.07) is 16.3. The zero-order chi connectivity index (χ0) is 36.3. The minimum Gasteiger partial charge on any atom is -0.507 e. The summed E-state index contributed by atoms with van der Waals surface area (Å²) in [6.07, 6.45) is 5.83. The minimum absolute atomic E-state index is 0.0715. The van der Waals surface area contributed by atoms with Gasteiger partial charge in [0, 0.05) is 57.1 Å². The van der Waals surface area contributed by atoms with E-state index in [1.165, 1.54) is 30.1 Å². The first-order valence-corrected chi connectivity index (χ1v) is 19.8. The van der Waals surface area contributed by atoms with Gasteiger partial charge in [-0.15, -0.1) is 0 Å². The van der Waals surface area contributed by atoms with Crippen LogP contribution in [-0.2, 0) is 36.2 Å². The van der Waals surface area contributed by atoms with Gasteiger partial charge in [-0.3, -0.25) is 18.9 Å². The van der Waals surface area contributed by atoms with Crippen molar-refractivity contribution < 1.29 is 40.5 Å².